The van der Waals surface area contributed by atoms with Crippen molar-refractivity contribution in [2.45, 2.75) is 77.7 Å². The van der Waals surface area contributed by atoms with Crippen molar-refractivity contribution in [3.05, 3.63) is 0 Å². The second kappa shape index (κ2) is 3.50. The summed E-state index contributed by atoms with van der Waals surface area (Å²) in [5.74, 6) is 1.35. The molecular weight excluding hydrogens is 208 g/mol. The summed E-state index contributed by atoms with van der Waals surface area (Å²) in [6.45, 7) is 7.20. The third-order valence-corrected chi connectivity index (χ3v) is 7.23. The largest absolute Gasteiger partial charge is 0.389 e. The smallest absolute Gasteiger partial charge is 0.0737 e. The molecule has 0 radical (unpaired) electrons. The van der Waals surface area contributed by atoms with E-state index in [0.29, 0.717) is 11.3 Å². The van der Waals surface area contributed by atoms with Gasteiger partial charge >= 0.3 is 0 Å². The minimum atomic E-state index is -0.347. The molecule has 3 saturated carbocycles. The summed E-state index contributed by atoms with van der Waals surface area (Å²) in [6.07, 6.45) is 10.3. The van der Waals surface area contributed by atoms with Gasteiger partial charge in [0.1, 0.15) is 0 Å². The van der Waals surface area contributed by atoms with Gasteiger partial charge in [0.05, 0.1) is 5.60 Å². The summed E-state index contributed by atoms with van der Waals surface area (Å²) in [5.41, 5.74) is 0.172. The number of hydrogen-bond donors (Lipinski definition) is 1. The zero-order valence-corrected chi connectivity index (χ0v) is 11.8. The van der Waals surface area contributed by atoms with Crippen LogP contribution in [-0.2, 0) is 0 Å². The first-order valence-electron chi connectivity index (χ1n) is 7.64. The average Bonchev–Trinajstić information content (AvgIpc) is 2.62. The van der Waals surface area contributed by atoms with Gasteiger partial charge in [-0.2, -0.15) is 0 Å². The van der Waals surface area contributed by atoms with E-state index in [4.69, 9.17) is 0 Å². The highest BCUT2D eigenvalue weighted by Gasteiger charge is 2.69. The van der Waals surface area contributed by atoms with Crippen LogP contribution in [0.15, 0.2) is 0 Å². The zero-order chi connectivity index (χ0) is 12.3. The molecule has 1 N–H and O–H groups in total. The van der Waals surface area contributed by atoms with Crippen LogP contribution in [0, 0.1) is 22.7 Å². The topological polar surface area (TPSA) is 20.2 Å². The fourth-order valence-electron chi connectivity index (χ4n) is 5.53. The summed E-state index contributed by atoms with van der Waals surface area (Å²) >= 11 is 0. The molecule has 3 unspecified atom stereocenters. The van der Waals surface area contributed by atoms with Crippen LogP contribution in [0.2, 0.25) is 0 Å². The molecule has 0 saturated heterocycles. The highest BCUT2D eigenvalue weighted by atomic mass is 16.3. The van der Waals surface area contributed by atoms with Crippen molar-refractivity contribution in [1.82, 2.24) is 0 Å². The third kappa shape index (κ3) is 1.30. The maximum atomic E-state index is 11.4. The van der Waals surface area contributed by atoms with Crippen molar-refractivity contribution >= 4 is 0 Å². The summed E-state index contributed by atoms with van der Waals surface area (Å²) in [7, 11) is 0. The van der Waals surface area contributed by atoms with Crippen LogP contribution >= 0.6 is 0 Å². The molecule has 3 fully saturated rings. The Kier molecular flexibility index (Phi) is 2.47. The molecule has 3 aliphatic rings. The molecule has 3 aliphatic carbocycles. The highest BCUT2D eigenvalue weighted by molar-refractivity contribution is 5.19. The SMILES string of the molecule is CC1(C)C2CCC1(C)C(O)(C1CCCCC1)C2. The highest BCUT2D eigenvalue weighted by Crippen LogP contribution is 2.72. The van der Waals surface area contributed by atoms with E-state index < -0.39 is 0 Å². The summed E-state index contributed by atoms with van der Waals surface area (Å²) in [6, 6.07) is 0. The molecule has 1 nitrogen and oxygen atoms in total. The molecule has 0 aromatic rings. The van der Waals surface area contributed by atoms with Crippen LogP contribution in [0.3, 0.4) is 0 Å². The third-order valence-electron chi connectivity index (χ3n) is 7.23. The van der Waals surface area contributed by atoms with E-state index in [0.717, 1.165) is 12.3 Å². The molecule has 17 heavy (non-hydrogen) atoms. The first-order chi connectivity index (χ1) is 7.92. The summed E-state index contributed by atoms with van der Waals surface area (Å²) in [5, 5.41) is 11.4. The molecule has 3 atom stereocenters. The van der Waals surface area contributed by atoms with Gasteiger partial charge in [0, 0.05) is 5.41 Å². The van der Waals surface area contributed by atoms with Crippen LogP contribution in [0.25, 0.3) is 0 Å². The van der Waals surface area contributed by atoms with E-state index in [-0.39, 0.29) is 11.0 Å². The summed E-state index contributed by atoms with van der Waals surface area (Å²) < 4.78 is 0. The van der Waals surface area contributed by atoms with Gasteiger partial charge in [-0.15, -0.1) is 0 Å². The molecule has 0 aromatic carbocycles. The summed E-state index contributed by atoms with van der Waals surface area (Å²) in [4.78, 5) is 0. The van der Waals surface area contributed by atoms with Crippen LogP contribution in [0.5, 0.6) is 0 Å². The quantitative estimate of drug-likeness (QED) is 0.725. The molecular formula is C16H28O. The minimum Gasteiger partial charge on any atom is -0.389 e. The Hall–Kier alpha value is -0.0400. The number of rotatable bonds is 1. The Labute approximate surface area is 106 Å². The van der Waals surface area contributed by atoms with Crippen molar-refractivity contribution in [3.63, 3.8) is 0 Å². The predicted octanol–water partition coefficient (Wildman–Crippen LogP) is 4.14. The molecule has 0 spiro atoms. The zero-order valence-electron chi connectivity index (χ0n) is 11.8. The Morgan fingerprint density at radius 1 is 0.882 bits per heavy atom. The lowest BCUT2D eigenvalue weighted by molar-refractivity contribution is -0.137. The van der Waals surface area contributed by atoms with Crippen LogP contribution in [0.4, 0.5) is 0 Å². The van der Waals surface area contributed by atoms with Gasteiger partial charge in [0.15, 0.2) is 0 Å². The lowest BCUT2D eigenvalue weighted by Crippen LogP contribution is -2.52. The lowest BCUT2D eigenvalue weighted by atomic mass is 9.58. The van der Waals surface area contributed by atoms with Crippen LogP contribution in [-0.4, -0.2) is 10.7 Å². The first kappa shape index (κ1) is 12.0. The predicted molar refractivity (Wildman–Crippen MR) is 70.8 cm³/mol. The van der Waals surface area contributed by atoms with Crippen molar-refractivity contribution in [2.75, 3.05) is 0 Å². The van der Waals surface area contributed by atoms with Gasteiger partial charge in [-0.1, -0.05) is 40.0 Å². The normalized spacial score (nSPS) is 49.8. The lowest BCUT2D eigenvalue weighted by Gasteiger charge is -2.50. The molecule has 3 rings (SSSR count). The average molecular weight is 236 g/mol. The van der Waals surface area contributed by atoms with Crippen molar-refractivity contribution < 1.29 is 5.11 Å². The minimum absolute atomic E-state index is 0.173. The Bertz CT molecular complexity index is 315. The van der Waals surface area contributed by atoms with Gasteiger partial charge in [0.2, 0.25) is 0 Å². The van der Waals surface area contributed by atoms with Gasteiger partial charge in [-0.05, 0) is 49.4 Å². The molecule has 0 amide bonds. The fraction of sp³-hybridized carbons (Fsp3) is 1.00. The molecule has 2 bridgehead atoms. The Balaban J connectivity index is 1.93. The van der Waals surface area contributed by atoms with Crippen molar-refractivity contribution in [2.24, 2.45) is 22.7 Å². The standard InChI is InChI=1S/C16H28O/c1-14(2)13-9-10-15(14,3)16(17,11-13)12-7-5-4-6-8-12/h12-13,17H,4-11H2,1-3H3. The van der Waals surface area contributed by atoms with Crippen molar-refractivity contribution in [1.29, 1.82) is 0 Å². The fourth-order valence-corrected chi connectivity index (χ4v) is 5.53. The van der Waals surface area contributed by atoms with E-state index >= 15 is 0 Å². The van der Waals surface area contributed by atoms with E-state index in [9.17, 15) is 5.11 Å². The molecule has 0 aliphatic heterocycles. The van der Waals surface area contributed by atoms with E-state index in [1.54, 1.807) is 0 Å². The van der Waals surface area contributed by atoms with Gasteiger partial charge in [-0.3, -0.25) is 0 Å². The molecule has 98 valence electrons. The maximum absolute atomic E-state index is 11.4. The van der Waals surface area contributed by atoms with Gasteiger partial charge < -0.3 is 5.11 Å². The first-order valence-corrected chi connectivity index (χ1v) is 7.64. The second-order valence-corrected chi connectivity index (χ2v) is 7.75. The van der Waals surface area contributed by atoms with E-state index in [1.807, 2.05) is 0 Å². The Morgan fingerprint density at radius 3 is 2.00 bits per heavy atom. The maximum Gasteiger partial charge on any atom is 0.0737 e. The number of fused-ring (bicyclic) bond motifs is 2. The van der Waals surface area contributed by atoms with Gasteiger partial charge in [0.25, 0.3) is 0 Å². The monoisotopic (exact) mass is 236 g/mol. The van der Waals surface area contributed by atoms with Crippen molar-refractivity contribution in [3.8, 4) is 0 Å². The molecule has 1 heteroatoms. The molecule has 0 aromatic heterocycles. The van der Waals surface area contributed by atoms with Crippen LogP contribution in [0.1, 0.15) is 72.1 Å². The Morgan fingerprint density at radius 2 is 1.53 bits per heavy atom. The molecule has 0 heterocycles. The number of hydrogen-bond acceptors (Lipinski definition) is 1. The van der Waals surface area contributed by atoms with E-state index in [1.165, 1.54) is 44.9 Å². The number of aliphatic hydroxyl groups is 1. The van der Waals surface area contributed by atoms with E-state index in [2.05, 4.69) is 20.8 Å². The van der Waals surface area contributed by atoms with Crippen LogP contribution < -0.4 is 0 Å². The second-order valence-electron chi connectivity index (χ2n) is 7.75. The van der Waals surface area contributed by atoms with Gasteiger partial charge in [-0.25, -0.2) is 0 Å².